The molecule has 5 rings (SSSR count). The molecule has 3 atom stereocenters. The molecule has 1 saturated carbocycles. The number of para-hydroxylation sites is 2. The Morgan fingerprint density at radius 3 is 2.12 bits per heavy atom. The standard InChI is InChI=1S/C26H35N3O3/c1-26(2,3)16-8-10-17(11-9-16)28-18-12-13-19(28)15-20(14-18)29-22-7-5-4-6-21(22)27-23(24(29)30)25(31)32/h4-7,16-20H,8-15H2,1-3H3,(H,31,32)/t16-,17+,18-,19+,20+. The van der Waals surface area contributed by atoms with Gasteiger partial charge < -0.3 is 9.67 Å². The Hall–Kier alpha value is -2.21. The average molecular weight is 438 g/mol. The Labute approximate surface area is 189 Å². The summed E-state index contributed by atoms with van der Waals surface area (Å²) in [6.07, 6.45) is 9.38. The Bertz CT molecular complexity index is 1060. The van der Waals surface area contributed by atoms with Crippen LogP contribution in [0.2, 0.25) is 0 Å². The maximum Gasteiger partial charge on any atom is 0.360 e. The first-order valence-electron chi connectivity index (χ1n) is 12.3. The monoisotopic (exact) mass is 437 g/mol. The summed E-state index contributed by atoms with van der Waals surface area (Å²) >= 11 is 0. The number of benzene rings is 1. The summed E-state index contributed by atoms with van der Waals surface area (Å²) < 4.78 is 1.75. The third-order valence-electron chi connectivity index (χ3n) is 8.47. The van der Waals surface area contributed by atoms with Crippen LogP contribution in [0.25, 0.3) is 11.0 Å². The highest BCUT2D eigenvalue weighted by Crippen LogP contribution is 2.46. The summed E-state index contributed by atoms with van der Waals surface area (Å²) in [4.78, 5) is 31.8. The fraction of sp³-hybridized carbons (Fsp3) is 0.654. The van der Waals surface area contributed by atoms with Crippen LogP contribution in [0.4, 0.5) is 0 Å². The van der Waals surface area contributed by atoms with Crippen molar-refractivity contribution in [1.82, 2.24) is 14.5 Å². The molecule has 0 radical (unpaired) electrons. The van der Waals surface area contributed by atoms with Gasteiger partial charge in [-0.25, -0.2) is 9.78 Å². The zero-order chi connectivity index (χ0) is 22.6. The molecule has 6 nitrogen and oxygen atoms in total. The molecule has 6 heteroatoms. The molecule has 3 heterocycles. The van der Waals surface area contributed by atoms with Crippen molar-refractivity contribution in [3.63, 3.8) is 0 Å². The number of aromatic carboxylic acids is 1. The normalized spacial score (nSPS) is 31.2. The second-order valence-electron chi connectivity index (χ2n) is 11.3. The number of rotatable bonds is 3. The molecule has 1 N–H and O–H groups in total. The average Bonchev–Trinajstić information content (AvgIpc) is 3.02. The van der Waals surface area contributed by atoms with Gasteiger partial charge in [-0.15, -0.1) is 0 Å². The number of hydrogen-bond donors (Lipinski definition) is 1. The largest absolute Gasteiger partial charge is 0.476 e. The predicted octanol–water partition coefficient (Wildman–Crippen LogP) is 4.87. The van der Waals surface area contributed by atoms with E-state index in [-0.39, 0.29) is 11.7 Å². The van der Waals surface area contributed by atoms with Gasteiger partial charge in [-0.05, 0) is 74.8 Å². The third-order valence-corrected chi connectivity index (χ3v) is 8.47. The molecule has 0 spiro atoms. The van der Waals surface area contributed by atoms with E-state index in [9.17, 15) is 14.7 Å². The number of carbonyl (C=O) groups is 1. The third kappa shape index (κ3) is 3.66. The Balaban J connectivity index is 1.41. The maximum atomic E-state index is 13.2. The van der Waals surface area contributed by atoms with Gasteiger partial charge in [0.1, 0.15) is 0 Å². The molecule has 0 amide bonds. The summed E-state index contributed by atoms with van der Waals surface area (Å²) in [7, 11) is 0. The molecule has 0 unspecified atom stereocenters. The van der Waals surface area contributed by atoms with Crippen LogP contribution < -0.4 is 5.56 Å². The number of nitrogens with zero attached hydrogens (tertiary/aromatic N) is 3. The lowest BCUT2D eigenvalue weighted by Gasteiger charge is -2.47. The summed E-state index contributed by atoms with van der Waals surface area (Å²) in [6, 6.07) is 9.12. The summed E-state index contributed by atoms with van der Waals surface area (Å²) in [5, 5.41) is 9.57. The van der Waals surface area contributed by atoms with E-state index in [1.807, 2.05) is 18.2 Å². The van der Waals surface area contributed by atoms with Crippen LogP contribution in [0.15, 0.2) is 29.1 Å². The first-order valence-corrected chi connectivity index (χ1v) is 12.3. The van der Waals surface area contributed by atoms with Crippen LogP contribution in [0.1, 0.15) is 88.7 Å². The topological polar surface area (TPSA) is 75.4 Å². The van der Waals surface area contributed by atoms with E-state index in [0.717, 1.165) is 24.3 Å². The first-order chi connectivity index (χ1) is 15.2. The van der Waals surface area contributed by atoms with Crippen molar-refractivity contribution in [2.45, 2.75) is 96.3 Å². The zero-order valence-corrected chi connectivity index (χ0v) is 19.5. The molecular formula is C26H35N3O3. The van der Waals surface area contributed by atoms with E-state index in [1.54, 1.807) is 10.6 Å². The number of carboxylic acid groups (broad SMARTS) is 1. The highest BCUT2D eigenvalue weighted by Gasteiger charge is 2.46. The van der Waals surface area contributed by atoms with Gasteiger partial charge in [0, 0.05) is 24.2 Å². The molecule has 32 heavy (non-hydrogen) atoms. The molecule has 1 aromatic carbocycles. The second-order valence-corrected chi connectivity index (χ2v) is 11.3. The van der Waals surface area contributed by atoms with Gasteiger partial charge in [0.05, 0.1) is 11.0 Å². The van der Waals surface area contributed by atoms with Crippen LogP contribution in [0, 0.1) is 11.3 Å². The van der Waals surface area contributed by atoms with E-state index in [1.165, 1.54) is 38.5 Å². The minimum Gasteiger partial charge on any atom is -0.476 e. The summed E-state index contributed by atoms with van der Waals surface area (Å²) in [5.41, 5.74) is 0.909. The predicted molar refractivity (Wildman–Crippen MR) is 125 cm³/mol. The Morgan fingerprint density at radius 1 is 0.938 bits per heavy atom. The summed E-state index contributed by atoms with van der Waals surface area (Å²) in [6.45, 7) is 7.11. The Kier molecular flexibility index (Phi) is 5.39. The lowest BCUT2D eigenvalue weighted by Crippen LogP contribution is -2.51. The van der Waals surface area contributed by atoms with Crippen molar-refractivity contribution >= 4 is 17.0 Å². The lowest BCUT2D eigenvalue weighted by atomic mass is 9.71. The molecule has 1 aromatic heterocycles. The van der Waals surface area contributed by atoms with Crippen LogP contribution in [-0.4, -0.2) is 43.7 Å². The molecule has 2 saturated heterocycles. The number of carboxylic acids is 1. The fourth-order valence-electron chi connectivity index (χ4n) is 6.89. The highest BCUT2D eigenvalue weighted by atomic mass is 16.4. The van der Waals surface area contributed by atoms with Gasteiger partial charge in [-0.3, -0.25) is 9.69 Å². The lowest BCUT2D eigenvalue weighted by molar-refractivity contribution is 0.0249. The van der Waals surface area contributed by atoms with Gasteiger partial charge >= 0.3 is 5.97 Å². The van der Waals surface area contributed by atoms with Gasteiger partial charge in [0.25, 0.3) is 5.56 Å². The van der Waals surface area contributed by atoms with Crippen LogP contribution >= 0.6 is 0 Å². The van der Waals surface area contributed by atoms with Crippen molar-refractivity contribution in [3.05, 3.63) is 40.3 Å². The van der Waals surface area contributed by atoms with Crippen molar-refractivity contribution in [2.24, 2.45) is 11.3 Å². The fourth-order valence-corrected chi connectivity index (χ4v) is 6.89. The van der Waals surface area contributed by atoms with Crippen molar-refractivity contribution < 1.29 is 9.90 Å². The quantitative estimate of drug-likeness (QED) is 0.742. The van der Waals surface area contributed by atoms with Crippen molar-refractivity contribution in [3.8, 4) is 0 Å². The molecule has 2 bridgehead atoms. The van der Waals surface area contributed by atoms with E-state index in [4.69, 9.17) is 0 Å². The maximum absolute atomic E-state index is 13.2. The molecule has 3 aliphatic rings. The van der Waals surface area contributed by atoms with E-state index < -0.39 is 11.5 Å². The van der Waals surface area contributed by atoms with Gasteiger partial charge in [-0.2, -0.15) is 0 Å². The second kappa shape index (κ2) is 7.98. The molecule has 3 fully saturated rings. The van der Waals surface area contributed by atoms with Crippen molar-refractivity contribution in [1.29, 1.82) is 0 Å². The Morgan fingerprint density at radius 2 is 1.53 bits per heavy atom. The van der Waals surface area contributed by atoms with Crippen LogP contribution in [-0.2, 0) is 0 Å². The first kappa shape index (κ1) is 21.6. The smallest absolute Gasteiger partial charge is 0.360 e. The minimum atomic E-state index is -1.24. The van der Waals surface area contributed by atoms with Gasteiger partial charge in [-0.1, -0.05) is 32.9 Å². The van der Waals surface area contributed by atoms with Gasteiger partial charge in [0.2, 0.25) is 5.69 Å². The van der Waals surface area contributed by atoms with Crippen LogP contribution in [0.5, 0.6) is 0 Å². The SMILES string of the molecule is CC(C)(C)[C@H]1CC[C@@H](N2[C@@H]3CC[C@H]2C[C@@H](n2c(=O)c(C(=O)O)nc4ccccc42)C3)CC1. The molecule has 2 aliphatic heterocycles. The minimum absolute atomic E-state index is 0.0353. The zero-order valence-electron chi connectivity index (χ0n) is 19.5. The van der Waals surface area contributed by atoms with E-state index in [2.05, 4.69) is 30.7 Å². The van der Waals surface area contributed by atoms with Crippen LogP contribution in [0.3, 0.4) is 0 Å². The molecule has 2 aromatic rings. The molecular weight excluding hydrogens is 402 g/mol. The molecule has 1 aliphatic carbocycles. The van der Waals surface area contributed by atoms with Crippen molar-refractivity contribution in [2.75, 3.05) is 0 Å². The van der Waals surface area contributed by atoms with E-state index >= 15 is 0 Å². The highest BCUT2D eigenvalue weighted by molar-refractivity contribution is 5.88. The number of fused-ring (bicyclic) bond motifs is 3. The van der Waals surface area contributed by atoms with Gasteiger partial charge in [0.15, 0.2) is 0 Å². The number of aromatic nitrogens is 2. The van der Waals surface area contributed by atoms with E-state index in [0.29, 0.717) is 29.1 Å². The molecule has 172 valence electrons. The number of hydrogen-bond acceptors (Lipinski definition) is 4. The number of piperidine rings is 1. The summed E-state index contributed by atoms with van der Waals surface area (Å²) in [5.74, 6) is -0.435.